The van der Waals surface area contributed by atoms with E-state index in [0.717, 1.165) is 0 Å². The fraction of sp³-hybridized carbons (Fsp3) is 1.00. The first-order valence-corrected chi connectivity index (χ1v) is 3.32. The highest BCUT2D eigenvalue weighted by molar-refractivity contribution is 7.90. The van der Waals surface area contributed by atoms with Crippen LogP contribution in [0.2, 0.25) is 0 Å². The van der Waals surface area contributed by atoms with Crippen LogP contribution in [0.5, 0.6) is 0 Å². The zero-order valence-electron chi connectivity index (χ0n) is 5.60. The summed E-state index contributed by atoms with van der Waals surface area (Å²) in [5.74, 6) is 0. The summed E-state index contributed by atoms with van der Waals surface area (Å²) in [6.07, 6.45) is 0. The predicted molar refractivity (Wildman–Crippen MR) is 43.2 cm³/mol. The minimum Gasteiger partial charge on any atom is -0.598 e. The van der Waals surface area contributed by atoms with E-state index in [1.807, 2.05) is 20.8 Å². The zero-order chi connectivity index (χ0) is 6.08. The van der Waals surface area contributed by atoms with Gasteiger partial charge >= 0.3 is 0 Å². The minimum atomic E-state index is -1.18. The Morgan fingerprint density at radius 1 is 1.38 bits per heavy atom. The summed E-state index contributed by atoms with van der Waals surface area (Å²) in [6.45, 7) is 5.51. The highest BCUT2D eigenvalue weighted by atomic mass is 32.2. The topological polar surface area (TPSA) is 49.1 Å². The summed E-state index contributed by atoms with van der Waals surface area (Å²) in [6, 6.07) is 0. The highest BCUT2D eigenvalue weighted by Crippen LogP contribution is 2.09. The van der Waals surface area contributed by atoms with Crippen molar-refractivity contribution in [1.29, 1.82) is 0 Å². The van der Waals surface area contributed by atoms with Crippen LogP contribution in [-0.4, -0.2) is 9.30 Å². The summed E-state index contributed by atoms with van der Waals surface area (Å²) in [5.41, 5.74) is 0. The highest BCUT2D eigenvalue weighted by Gasteiger charge is 2.21. The van der Waals surface area contributed by atoms with Crippen LogP contribution >= 0.6 is 9.90 Å². The lowest BCUT2D eigenvalue weighted by atomic mass is 10.3. The third-order valence-electron chi connectivity index (χ3n) is 0.604. The standard InChI is InChI=1S/C4H11NOS.H3P/c1-4(2,3)7(5)6;/h5H2,1-3H3;1H3. The van der Waals surface area contributed by atoms with Crippen LogP contribution in [0.15, 0.2) is 0 Å². The summed E-state index contributed by atoms with van der Waals surface area (Å²) in [7, 11) is 0. The van der Waals surface area contributed by atoms with E-state index >= 15 is 0 Å². The van der Waals surface area contributed by atoms with E-state index in [1.54, 1.807) is 0 Å². The average Bonchev–Trinajstić information content (AvgIpc) is 1.31. The van der Waals surface area contributed by atoms with Crippen molar-refractivity contribution in [2.45, 2.75) is 25.5 Å². The largest absolute Gasteiger partial charge is 0.598 e. The molecule has 8 heavy (non-hydrogen) atoms. The Hall–Kier alpha value is 0.700. The van der Waals surface area contributed by atoms with Gasteiger partial charge in [0.05, 0.1) is 0 Å². The van der Waals surface area contributed by atoms with Crippen LogP contribution in [0.3, 0.4) is 0 Å². The van der Waals surface area contributed by atoms with Gasteiger partial charge in [-0.2, -0.15) is 15.0 Å². The van der Waals surface area contributed by atoms with Crippen molar-refractivity contribution in [2.24, 2.45) is 5.14 Å². The van der Waals surface area contributed by atoms with Gasteiger partial charge in [0, 0.05) is 11.4 Å². The molecule has 2 atom stereocenters. The van der Waals surface area contributed by atoms with Gasteiger partial charge in [0.1, 0.15) is 4.75 Å². The molecular formula is C4H14NOPS. The summed E-state index contributed by atoms with van der Waals surface area (Å²) < 4.78 is 10.1. The molecule has 0 saturated heterocycles. The zero-order valence-corrected chi connectivity index (χ0v) is 7.83. The maximum absolute atomic E-state index is 10.4. The van der Waals surface area contributed by atoms with Gasteiger partial charge in [-0.05, 0) is 20.8 Å². The third kappa shape index (κ3) is 4.85. The molecule has 0 heterocycles. The second-order valence-electron chi connectivity index (χ2n) is 2.41. The number of hydrogen-bond donors (Lipinski definition) is 1. The first-order chi connectivity index (χ1) is 2.94. The van der Waals surface area contributed by atoms with Crippen LogP contribution in [0.25, 0.3) is 0 Å². The van der Waals surface area contributed by atoms with Gasteiger partial charge in [-0.25, -0.2) is 0 Å². The second-order valence-corrected chi connectivity index (χ2v) is 4.23. The van der Waals surface area contributed by atoms with E-state index in [-0.39, 0.29) is 14.6 Å². The molecule has 2 unspecified atom stereocenters. The summed E-state index contributed by atoms with van der Waals surface area (Å²) >= 11 is -1.18. The number of nitrogens with two attached hydrogens (primary N) is 1. The van der Waals surface area contributed by atoms with Crippen molar-refractivity contribution in [3.63, 3.8) is 0 Å². The Morgan fingerprint density at radius 3 is 1.50 bits per heavy atom. The molecule has 0 amide bonds. The fourth-order valence-corrected chi connectivity index (χ4v) is 0. The monoisotopic (exact) mass is 155 g/mol. The molecule has 2 N–H and O–H groups in total. The van der Waals surface area contributed by atoms with Crippen molar-refractivity contribution < 1.29 is 4.55 Å². The van der Waals surface area contributed by atoms with Gasteiger partial charge in [-0.15, -0.1) is 0 Å². The van der Waals surface area contributed by atoms with Crippen LogP contribution in [-0.2, 0) is 11.4 Å². The Balaban J connectivity index is 0. The van der Waals surface area contributed by atoms with Crippen LogP contribution in [0.4, 0.5) is 0 Å². The first-order valence-electron chi connectivity index (χ1n) is 2.11. The fourth-order valence-electron chi connectivity index (χ4n) is 0. The van der Waals surface area contributed by atoms with Gasteiger partial charge in [0.25, 0.3) is 0 Å². The maximum atomic E-state index is 10.4. The molecule has 0 spiro atoms. The van der Waals surface area contributed by atoms with Crippen molar-refractivity contribution in [2.75, 3.05) is 0 Å². The molecule has 0 aliphatic heterocycles. The Morgan fingerprint density at radius 2 is 1.50 bits per heavy atom. The second kappa shape index (κ2) is 3.67. The quantitative estimate of drug-likeness (QED) is 0.408. The smallest absolute Gasteiger partial charge is 0.136 e. The lowest BCUT2D eigenvalue weighted by Gasteiger charge is -2.17. The summed E-state index contributed by atoms with van der Waals surface area (Å²) in [5, 5.41) is 5.04. The molecule has 2 nitrogen and oxygen atoms in total. The molecule has 0 aliphatic rings. The maximum Gasteiger partial charge on any atom is 0.136 e. The van der Waals surface area contributed by atoms with E-state index < -0.39 is 11.4 Å². The molecule has 0 aliphatic carbocycles. The van der Waals surface area contributed by atoms with E-state index in [2.05, 4.69) is 0 Å². The van der Waals surface area contributed by atoms with Gasteiger partial charge < -0.3 is 4.55 Å². The van der Waals surface area contributed by atoms with Crippen LogP contribution < -0.4 is 5.14 Å². The molecule has 0 radical (unpaired) electrons. The summed E-state index contributed by atoms with van der Waals surface area (Å²) in [4.78, 5) is 0. The van der Waals surface area contributed by atoms with Crippen LogP contribution in [0.1, 0.15) is 20.8 Å². The Kier molecular flexibility index (Phi) is 5.28. The van der Waals surface area contributed by atoms with Gasteiger partial charge in [-0.1, -0.05) is 0 Å². The van der Waals surface area contributed by atoms with Gasteiger partial charge in [0.15, 0.2) is 0 Å². The molecular weight excluding hydrogens is 141 g/mol. The van der Waals surface area contributed by atoms with E-state index in [1.165, 1.54) is 0 Å². The van der Waals surface area contributed by atoms with Gasteiger partial charge in [-0.3, -0.25) is 0 Å². The lowest BCUT2D eigenvalue weighted by Crippen LogP contribution is -2.34. The molecule has 0 rings (SSSR count). The molecule has 0 fully saturated rings. The third-order valence-corrected chi connectivity index (χ3v) is 1.81. The van der Waals surface area contributed by atoms with Crippen molar-refractivity contribution >= 4 is 21.3 Å². The Bertz CT molecular complexity index is 61.5. The van der Waals surface area contributed by atoms with Gasteiger partial charge in [0.2, 0.25) is 0 Å². The molecule has 0 bridgehead atoms. The molecule has 0 aromatic carbocycles. The average molecular weight is 155 g/mol. The van der Waals surface area contributed by atoms with E-state index in [9.17, 15) is 4.55 Å². The van der Waals surface area contributed by atoms with Crippen molar-refractivity contribution in [3.8, 4) is 0 Å². The molecule has 4 heteroatoms. The normalized spacial score (nSPS) is 14.6. The molecule has 0 aromatic heterocycles. The van der Waals surface area contributed by atoms with Crippen molar-refractivity contribution in [1.82, 2.24) is 0 Å². The van der Waals surface area contributed by atoms with Crippen molar-refractivity contribution in [3.05, 3.63) is 0 Å². The SMILES string of the molecule is CC(C)(C)[S+](N)[O-].P. The molecule has 52 valence electrons. The van der Waals surface area contributed by atoms with Crippen LogP contribution in [0, 0.1) is 0 Å². The van der Waals surface area contributed by atoms with E-state index in [0.29, 0.717) is 0 Å². The lowest BCUT2D eigenvalue weighted by molar-refractivity contribution is 0.561. The number of hydrogen-bond acceptors (Lipinski definition) is 2. The molecule has 0 aromatic rings. The predicted octanol–water partition coefficient (Wildman–Crippen LogP) is 0.465. The molecule has 0 saturated carbocycles. The van der Waals surface area contributed by atoms with E-state index in [4.69, 9.17) is 5.14 Å². The number of rotatable bonds is 0. The Labute approximate surface area is 57.2 Å². The minimum absolute atomic E-state index is 0. The first kappa shape index (κ1) is 11.5.